The molecule has 0 fully saturated rings. The van der Waals surface area contributed by atoms with Gasteiger partial charge in [0.25, 0.3) is 0 Å². The van der Waals surface area contributed by atoms with Crippen molar-refractivity contribution in [1.29, 1.82) is 0 Å². The van der Waals surface area contributed by atoms with Crippen LogP contribution in [0.3, 0.4) is 0 Å². The van der Waals surface area contributed by atoms with Crippen LogP contribution in [0.4, 0.5) is 0 Å². The fourth-order valence-corrected chi connectivity index (χ4v) is 3.64. The second-order valence-electron chi connectivity index (χ2n) is 7.94. The molecule has 2 amide bonds. The van der Waals surface area contributed by atoms with E-state index in [9.17, 15) is 9.59 Å². The number of aromatic nitrogens is 3. The largest absolute Gasteiger partial charge is 0.497 e. The third kappa shape index (κ3) is 7.05. The maximum atomic E-state index is 12.3. The van der Waals surface area contributed by atoms with Gasteiger partial charge < -0.3 is 19.9 Å². The van der Waals surface area contributed by atoms with E-state index < -0.39 is 0 Å². The Morgan fingerprint density at radius 2 is 1.87 bits per heavy atom. The number of hydrogen-bond acceptors (Lipinski definition) is 6. The van der Waals surface area contributed by atoms with Crippen LogP contribution in [0.25, 0.3) is 0 Å². The van der Waals surface area contributed by atoms with Crippen LogP contribution < -0.4 is 15.4 Å². The molecule has 0 aliphatic carbocycles. The van der Waals surface area contributed by atoms with Gasteiger partial charge in [-0.1, -0.05) is 23.9 Å². The van der Waals surface area contributed by atoms with Gasteiger partial charge in [0.05, 0.1) is 25.3 Å². The van der Waals surface area contributed by atoms with Crippen molar-refractivity contribution in [2.24, 2.45) is 0 Å². The van der Waals surface area contributed by atoms with Crippen LogP contribution >= 0.6 is 11.8 Å². The molecular formula is C21H31N5O3S. The number of thioether (sulfide) groups is 1. The molecule has 1 aromatic heterocycles. The third-order valence-electron chi connectivity index (χ3n) is 4.23. The minimum atomic E-state index is -0.309. The highest BCUT2D eigenvalue weighted by Gasteiger charge is 2.23. The van der Waals surface area contributed by atoms with Crippen LogP contribution in [0.1, 0.15) is 46.0 Å². The molecular weight excluding hydrogens is 402 g/mol. The predicted molar refractivity (Wildman–Crippen MR) is 117 cm³/mol. The lowest BCUT2D eigenvalue weighted by Gasteiger charge is -2.22. The van der Waals surface area contributed by atoms with E-state index in [1.165, 1.54) is 11.8 Å². The number of carbonyl (C=O) groups excluding carboxylic acids is 2. The summed E-state index contributed by atoms with van der Waals surface area (Å²) >= 11 is 1.36. The average Bonchev–Trinajstić information content (AvgIpc) is 3.07. The van der Waals surface area contributed by atoms with Crippen molar-refractivity contribution in [3.63, 3.8) is 0 Å². The fourth-order valence-electron chi connectivity index (χ4n) is 2.71. The summed E-state index contributed by atoms with van der Waals surface area (Å²) in [7, 11) is 1.61. The first-order valence-corrected chi connectivity index (χ1v) is 10.8. The lowest BCUT2D eigenvalue weighted by molar-refractivity contribution is -0.122. The van der Waals surface area contributed by atoms with E-state index in [-0.39, 0.29) is 35.6 Å². The first kappa shape index (κ1) is 23.7. The van der Waals surface area contributed by atoms with E-state index in [1.54, 1.807) is 7.11 Å². The van der Waals surface area contributed by atoms with Gasteiger partial charge >= 0.3 is 0 Å². The molecule has 0 aliphatic heterocycles. The van der Waals surface area contributed by atoms with Gasteiger partial charge in [0, 0.05) is 12.1 Å². The highest BCUT2D eigenvalue weighted by Crippen LogP contribution is 2.23. The van der Waals surface area contributed by atoms with Crippen LogP contribution in [0.5, 0.6) is 5.75 Å². The Hall–Kier alpha value is -2.55. The molecule has 0 spiro atoms. The molecule has 0 bridgehead atoms. The van der Waals surface area contributed by atoms with Gasteiger partial charge in [0.2, 0.25) is 11.8 Å². The van der Waals surface area contributed by atoms with Crippen molar-refractivity contribution < 1.29 is 14.3 Å². The first-order chi connectivity index (χ1) is 14.1. The zero-order chi connectivity index (χ0) is 22.3. The second kappa shape index (κ2) is 10.5. The standard InChI is InChI=1S/C21H31N5O3S/c1-7-26-17(13-22-18(27)12-15-8-10-16(29-6)11-9-15)24-25-20(26)30-14(2)19(28)23-21(3,4)5/h8-11,14H,7,12-13H2,1-6H3,(H,22,27)(H,23,28)/t14-/m1/s1. The number of ether oxygens (including phenoxy) is 1. The number of carbonyl (C=O) groups is 2. The van der Waals surface area contributed by atoms with Gasteiger partial charge in [-0.3, -0.25) is 9.59 Å². The number of benzene rings is 1. The number of nitrogens with zero attached hydrogens (tertiary/aromatic N) is 3. The molecule has 0 saturated heterocycles. The van der Waals surface area contributed by atoms with E-state index in [1.807, 2.05) is 63.5 Å². The van der Waals surface area contributed by atoms with Crippen LogP contribution in [-0.2, 0) is 29.1 Å². The Balaban J connectivity index is 1.94. The van der Waals surface area contributed by atoms with E-state index >= 15 is 0 Å². The van der Waals surface area contributed by atoms with Crippen molar-refractivity contribution in [3.05, 3.63) is 35.7 Å². The molecule has 0 radical (unpaired) electrons. The number of hydrogen-bond donors (Lipinski definition) is 2. The fraction of sp³-hybridized carbons (Fsp3) is 0.524. The molecule has 9 heteroatoms. The van der Waals surface area contributed by atoms with Crippen LogP contribution in [0, 0.1) is 0 Å². The Morgan fingerprint density at radius 3 is 2.43 bits per heavy atom. The molecule has 1 aromatic carbocycles. The zero-order valence-corrected chi connectivity index (χ0v) is 19.3. The lowest BCUT2D eigenvalue weighted by atomic mass is 10.1. The zero-order valence-electron chi connectivity index (χ0n) is 18.5. The van der Waals surface area contributed by atoms with Gasteiger partial charge in [-0.2, -0.15) is 0 Å². The van der Waals surface area contributed by atoms with Crippen LogP contribution in [0.2, 0.25) is 0 Å². The topological polar surface area (TPSA) is 98.1 Å². The quantitative estimate of drug-likeness (QED) is 0.590. The van der Waals surface area contributed by atoms with Gasteiger partial charge in [0.1, 0.15) is 5.75 Å². The molecule has 164 valence electrons. The third-order valence-corrected chi connectivity index (χ3v) is 5.31. The molecule has 0 unspecified atom stereocenters. The summed E-state index contributed by atoms with van der Waals surface area (Å²) in [6.45, 7) is 10.6. The van der Waals surface area contributed by atoms with Gasteiger partial charge in [-0.05, 0) is 52.3 Å². The SMILES string of the molecule is CCn1c(CNC(=O)Cc2ccc(OC)cc2)nnc1S[C@H](C)C(=O)NC(C)(C)C. The summed E-state index contributed by atoms with van der Waals surface area (Å²) < 4.78 is 7.04. The van der Waals surface area contributed by atoms with Gasteiger partial charge in [-0.15, -0.1) is 10.2 Å². The maximum Gasteiger partial charge on any atom is 0.233 e. The van der Waals surface area contributed by atoms with E-state index in [2.05, 4.69) is 20.8 Å². The summed E-state index contributed by atoms with van der Waals surface area (Å²) in [5.74, 6) is 1.27. The second-order valence-corrected chi connectivity index (χ2v) is 9.25. The number of nitrogens with one attached hydrogen (secondary N) is 2. The number of methoxy groups -OCH3 is 1. The van der Waals surface area contributed by atoms with E-state index in [0.29, 0.717) is 17.5 Å². The molecule has 2 rings (SSSR count). The Labute approximate surface area is 182 Å². The number of amides is 2. The Morgan fingerprint density at radius 1 is 1.20 bits per heavy atom. The molecule has 2 aromatic rings. The Kier molecular flexibility index (Phi) is 8.28. The normalized spacial score (nSPS) is 12.3. The van der Waals surface area contributed by atoms with E-state index in [4.69, 9.17) is 4.74 Å². The molecule has 0 aliphatic rings. The number of rotatable bonds is 9. The molecule has 2 N–H and O–H groups in total. The van der Waals surface area contributed by atoms with Crippen LogP contribution in [0.15, 0.2) is 29.4 Å². The maximum absolute atomic E-state index is 12.3. The summed E-state index contributed by atoms with van der Waals surface area (Å²) in [6, 6.07) is 7.39. The van der Waals surface area contributed by atoms with Gasteiger partial charge in [-0.25, -0.2) is 0 Å². The van der Waals surface area contributed by atoms with Crippen molar-refractivity contribution in [1.82, 2.24) is 25.4 Å². The Bertz CT molecular complexity index is 859. The first-order valence-electron chi connectivity index (χ1n) is 9.93. The summed E-state index contributed by atoms with van der Waals surface area (Å²) in [5, 5.41) is 14.6. The summed E-state index contributed by atoms with van der Waals surface area (Å²) in [4.78, 5) is 24.6. The predicted octanol–water partition coefficient (Wildman–Crippen LogP) is 2.56. The highest BCUT2D eigenvalue weighted by atomic mass is 32.2. The summed E-state index contributed by atoms with van der Waals surface area (Å²) in [5.41, 5.74) is 0.615. The molecule has 1 heterocycles. The average molecular weight is 434 g/mol. The monoisotopic (exact) mass is 433 g/mol. The van der Waals surface area contributed by atoms with Gasteiger partial charge in [0.15, 0.2) is 11.0 Å². The van der Waals surface area contributed by atoms with Crippen molar-refractivity contribution >= 4 is 23.6 Å². The molecule has 1 atom stereocenters. The lowest BCUT2D eigenvalue weighted by Crippen LogP contribution is -2.44. The minimum Gasteiger partial charge on any atom is -0.497 e. The van der Waals surface area contributed by atoms with Crippen molar-refractivity contribution in [2.75, 3.05) is 7.11 Å². The molecule has 8 nitrogen and oxygen atoms in total. The van der Waals surface area contributed by atoms with Crippen LogP contribution in [-0.4, -0.2) is 44.5 Å². The van der Waals surface area contributed by atoms with Crippen molar-refractivity contribution in [3.8, 4) is 5.75 Å². The molecule has 0 saturated carbocycles. The highest BCUT2D eigenvalue weighted by molar-refractivity contribution is 8.00. The summed E-state index contributed by atoms with van der Waals surface area (Å²) in [6.07, 6.45) is 0.274. The van der Waals surface area contributed by atoms with Crippen molar-refractivity contribution in [2.45, 2.75) is 70.1 Å². The molecule has 30 heavy (non-hydrogen) atoms. The minimum absolute atomic E-state index is 0.0486. The van der Waals surface area contributed by atoms with E-state index in [0.717, 1.165) is 11.3 Å². The smallest absolute Gasteiger partial charge is 0.233 e.